The Bertz CT molecular complexity index is 2940. The average molecular weight is 1250 g/mol. The Morgan fingerprint density at radius 2 is 1.37 bits per heavy atom. The Balaban J connectivity index is 1.57. The predicted molar refractivity (Wildman–Crippen MR) is 348 cm³/mol. The monoisotopic (exact) mass is 1250 g/mol. The van der Waals surface area contributed by atoms with Crippen LogP contribution in [-0.2, 0) is 63.4 Å². The van der Waals surface area contributed by atoms with Crippen LogP contribution in [0, 0.1) is 30.1 Å². The molecule has 0 saturated carbocycles. The first-order chi connectivity index (χ1) is 41.9. The summed E-state index contributed by atoms with van der Waals surface area (Å²) >= 11 is 0. The molecular formula is C70H99N5O13Si. The van der Waals surface area contributed by atoms with Gasteiger partial charge in [-0.2, -0.15) is 0 Å². The molecule has 1 aliphatic rings. The lowest BCUT2D eigenvalue weighted by molar-refractivity contribution is -0.162. The quantitative estimate of drug-likeness (QED) is 0.0110. The first kappa shape index (κ1) is 73.9. The van der Waals surface area contributed by atoms with Crippen molar-refractivity contribution in [3.8, 4) is 23.5 Å². The Morgan fingerprint density at radius 1 is 0.775 bits per heavy atom. The zero-order chi connectivity index (χ0) is 66.5. The number of benzene rings is 3. The van der Waals surface area contributed by atoms with Crippen LogP contribution in [0.5, 0.6) is 0 Å². The van der Waals surface area contributed by atoms with E-state index in [2.05, 4.69) is 57.0 Å². The molecule has 18 nitrogen and oxygen atoms in total. The van der Waals surface area contributed by atoms with Crippen molar-refractivity contribution in [2.24, 2.45) is 17.8 Å². The number of carbonyl (C=O) groups excluding carboxylic acids is 8. The van der Waals surface area contributed by atoms with Crippen LogP contribution in [0.25, 0.3) is 11.1 Å². The van der Waals surface area contributed by atoms with E-state index in [0.717, 1.165) is 27.8 Å². The Morgan fingerprint density at radius 3 is 1.93 bits per heavy atom. The van der Waals surface area contributed by atoms with Crippen molar-refractivity contribution < 1.29 is 61.7 Å². The molecule has 2 N–H and O–H groups in total. The molecule has 19 heteroatoms. The largest absolute Gasteiger partial charge is 0.460 e. The lowest BCUT2D eigenvalue weighted by Gasteiger charge is -2.42. The standard InChI is InChI=1S/C70H99N5O13Si/c1-19-22-24-37-59(88-89(17,18)70(11,12)13)48(8)58(86-68(82)50(10)74(15)66(80)62(46(6)21-3)72-69(83)85-44-56-54-35-29-27-33-52(54)53-34-28-30-36-55(53)56)39-38-47(7)67(81)87-60(41-45(4)5)63(77)71-49(9)64(78)75(16)57(42-51-31-25-23-26-32-51)65(79)73(14)43-61(76)84-40-20-2/h1,20,23,25-36,38,45-46,48-50,56-60,62H,2,21-22,24,37,39-44H2,3-18H3,(H,71,77)(H,72,83)/b47-38+/t46-,48+,49+,50+,57-,58+,59-,60-,62-/m1/s1. The van der Waals surface area contributed by atoms with Gasteiger partial charge in [0.1, 0.15) is 50.0 Å². The number of unbranched alkanes of at least 4 members (excludes halogenated alkanes) is 1. The summed E-state index contributed by atoms with van der Waals surface area (Å²) in [6, 6.07) is 20.6. The first-order valence-electron chi connectivity index (χ1n) is 31.1. The van der Waals surface area contributed by atoms with Crippen LogP contribution in [-0.4, -0.2) is 154 Å². The van der Waals surface area contributed by atoms with Crippen molar-refractivity contribution in [3.63, 3.8) is 0 Å². The summed E-state index contributed by atoms with van der Waals surface area (Å²) < 4.78 is 30.4. The van der Waals surface area contributed by atoms with Crippen LogP contribution in [0.15, 0.2) is 103 Å². The van der Waals surface area contributed by atoms with E-state index in [4.69, 9.17) is 29.8 Å². The lowest BCUT2D eigenvalue weighted by Crippen LogP contribution is -2.56. The molecule has 486 valence electrons. The molecule has 0 radical (unpaired) electrons. The van der Waals surface area contributed by atoms with Gasteiger partial charge in [0.05, 0.1) is 6.10 Å². The van der Waals surface area contributed by atoms with Crippen molar-refractivity contribution in [1.29, 1.82) is 0 Å². The van der Waals surface area contributed by atoms with E-state index in [1.54, 1.807) is 25.1 Å². The van der Waals surface area contributed by atoms with E-state index < -0.39 is 104 Å². The second kappa shape index (κ2) is 34.4. The van der Waals surface area contributed by atoms with Crippen LogP contribution >= 0.6 is 0 Å². The number of esters is 3. The number of terminal acetylenes is 1. The Kier molecular flexibility index (Phi) is 28.6. The molecule has 0 heterocycles. The molecule has 0 saturated heterocycles. The maximum absolute atomic E-state index is 14.6. The number of alkyl carbamates (subject to hydrolysis) is 1. The smallest absolute Gasteiger partial charge is 0.407 e. The lowest BCUT2D eigenvalue weighted by atomic mass is 9.91. The molecule has 0 fully saturated rings. The molecule has 0 spiro atoms. The third-order valence-corrected chi connectivity index (χ3v) is 21.8. The van der Waals surface area contributed by atoms with Gasteiger partial charge in [0, 0.05) is 57.8 Å². The van der Waals surface area contributed by atoms with Gasteiger partial charge in [-0.1, -0.05) is 159 Å². The normalized spacial score (nSPS) is 15.3. The van der Waals surface area contributed by atoms with Gasteiger partial charge >= 0.3 is 24.0 Å². The van der Waals surface area contributed by atoms with Crippen molar-refractivity contribution in [2.45, 2.75) is 188 Å². The summed E-state index contributed by atoms with van der Waals surface area (Å²) in [6.45, 7) is 27.8. The summed E-state index contributed by atoms with van der Waals surface area (Å²) in [6.07, 6.45) is 7.59. The fourth-order valence-corrected chi connectivity index (χ4v) is 11.7. The maximum atomic E-state index is 14.6. The number of amides is 5. The third-order valence-electron chi connectivity index (χ3n) is 17.3. The zero-order valence-electron chi connectivity index (χ0n) is 55.5. The van der Waals surface area contributed by atoms with E-state index in [1.165, 1.54) is 55.8 Å². The molecule has 4 rings (SSSR count). The second-order valence-corrected chi connectivity index (χ2v) is 30.3. The molecule has 0 bridgehead atoms. The van der Waals surface area contributed by atoms with Gasteiger partial charge in [-0.15, -0.1) is 12.3 Å². The number of hydrogen-bond acceptors (Lipinski definition) is 13. The molecule has 0 unspecified atom stereocenters. The Hall–Kier alpha value is -7.56. The number of hydrogen-bond donors (Lipinski definition) is 2. The molecule has 5 amide bonds. The van der Waals surface area contributed by atoms with Gasteiger partial charge in [0.15, 0.2) is 14.4 Å². The highest BCUT2D eigenvalue weighted by Gasteiger charge is 2.43. The van der Waals surface area contributed by atoms with E-state index >= 15 is 0 Å². The highest BCUT2D eigenvalue weighted by Crippen LogP contribution is 2.45. The van der Waals surface area contributed by atoms with Crippen LogP contribution in [0.4, 0.5) is 4.79 Å². The number of likely N-dealkylation sites (N-methyl/N-ethyl adjacent to an activating group) is 3. The average Bonchev–Trinajstić information content (AvgIpc) is 2.02. The zero-order valence-corrected chi connectivity index (χ0v) is 56.5. The number of fused-ring (bicyclic) bond motifs is 3. The van der Waals surface area contributed by atoms with Crippen LogP contribution in [0.2, 0.25) is 18.1 Å². The number of carbonyl (C=O) groups is 8. The molecule has 0 aromatic heterocycles. The highest BCUT2D eigenvalue weighted by molar-refractivity contribution is 6.74. The van der Waals surface area contributed by atoms with E-state index in [0.29, 0.717) is 25.7 Å². The summed E-state index contributed by atoms with van der Waals surface area (Å²) in [5.41, 5.74) is 5.10. The number of ether oxygens (including phenoxy) is 4. The first-order valence-corrected chi connectivity index (χ1v) is 34.0. The molecule has 9 atom stereocenters. The number of nitrogens with zero attached hydrogens (tertiary/aromatic N) is 3. The summed E-state index contributed by atoms with van der Waals surface area (Å²) in [4.78, 5) is 115. The fourth-order valence-electron chi connectivity index (χ4n) is 10.3. The van der Waals surface area contributed by atoms with Gasteiger partial charge in [-0.05, 0) is 97.8 Å². The van der Waals surface area contributed by atoms with Crippen molar-refractivity contribution >= 4 is 55.9 Å². The molecule has 3 aromatic rings. The van der Waals surface area contributed by atoms with Gasteiger partial charge in [-0.3, -0.25) is 24.0 Å². The number of nitrogens with one attached hydrogen (secondary N) is 2. The summed E-state index contributed by atoms with van der Waals surface area (Å²) in [5.74, 6) is -3.11. The molecule has 0 aliphatic heterocycles. The van der Waals surface area contributed by atoms with Crippen molar-refractivity contribution in [1.82, 2.24) is 25.3 Å². The minimum atomic E-state index is -2.47. The SMILES string of the molecule is C#CCCC[C@@H](O[Si](C)(C)C(C)(C)C)[C@@H](C)[C@H](C/C=C(\C)C(=O)O[C@H](CC(C)C)C(=O)N[C@@H](C)C(=O)N(C)[C@H](Cc1ccccc1)C(=O)N(C)CC(=O)OCC=C)OC(=O)[C@H](C)N(C)C(=O)[C@H](NC(=O)OCC1c2ccccc2-c2ccccc21)[C@H](C)CC. The number of rotatable bonds is 33. The van der Waals surface area contributed by atoms with E-state index in [9.17, 15) is 38.4 Å². The van der Waals surface area contributed by atoms with Crippen molar-refractivity contribution in [3.05, 3.63) is 120 Å². The highest BCUT2D eigenvalue weighted by atomic mass is 28.4. The molecule has 1 aliphatic carbocycles. The van der Waals surface area contributed by atoms with Crippen LogP contribution < -0.4 is 10.6 Å². The van der Waals surface area contributed by atoms with Gasteiger partial charge in [-0.25, -0.2) is 14.4 Å². The van der Waals surface area contributed by atoms with E-state index in [1.807, 2.05) is 101 Å². The predicted octanol–water partition coefficient (Wildman–Crippen LogP) is 10.6. The third kappa shape index (κ3) is 21.0. The van der Waals surface area contributed by atoms with E-state index in [-0.39, 0.29) is 67.4 Å². The molecular weight excluding hydrogens is 1150 g/mol. The summed E-state index contributed by atoms with van der Waals surface area (Å²) in [7, 11) is 1.90. The summed E-state index contributed by atoms with van der Waals surface area (Å²) in [5, 5.41) is 5.33. The van der Waals surface area contributed by atoms with Gasteiger partial charge < -0.3 is 48.7 Å². The Labute approximate surface area is 530 Å². The van der Waals surface area contributed by atoms with Gasteiger partial charge in [0.2, 0.25) is 17.7 Å². The van der Waals surface area contributed by atoms with Crippen molar-refractivity contribution in [2.75, 3.05) is 40.9 Å². The minimum absolute atomic E-state index is 0.00344. The molecule has 3 aromatic carbocycles. The molecule has 89 heavy (non-hydrogen) atoms. The van der Waals surface area contributed by atoms with Crippen LogP contribution in [0.1, 0.15) is 137 Å². The van der Waals surface area contributed by atoms with Gasteiger partial charge in [0.25, 0.3) is 5.91 Å². The fraction of sp³-hybridized carbons (Fsp3) is 0.543. The topological polar surface area (TPSA) is 216 Å². The van der Waals surface area contributed by atoms with Crippen LogP contribution in [0.3, 0.4) is 0 Å². The maximum Gasteiger partial charge on any atom is 0.407 e. The minimum Gasteiger partial charge on any atom is -0.460 e. The second-order valence-electron chi connectivity index (χ2n) is 25.5.